The van der Waals surface area contributed by atoms with E-state index in [4.69, 9.17) is 9.47 Å². The average Bonchev–Trinajstić information content (AvgIpc) is 3.02. The van der Waals surface area contributed by atoms with Crippen molar-refractivity contribution < 1.29 is 23.9 Å². The Hall–Kier alpha value is -3.26. The van der Waals surface area contributed by atoms with E-state index in [2.05, 4.69) is 5.32 Å². The van der Waals surface area contributed by atoms with Crippen LogP contribution < -0.4 is 14.8 Å². The number of benzene rings is 2. The zero-order chi connectivity index (χ0) is 22.4. The molecule has 2 aromatic carbocycles. The number of carbonyl (C=O) groups is 3. The van der Waals surface area contributed by atoms with Gasteiger partial charge in [-0.25, -0.2) is 0 Å². The number of thioether (sulfide) groups is 1. The maximum absolute atomic E-state index is 12.7. The highest BCUT2D eigenvalue weighted by Crippen LogP contribution is 2.34. The van der Waals surface area contributed by atoms with Gasteiger partial charge in [0.2, 0.25) is 0 Å². The molecule has 1 aliphatic heterocycles. The molecular formula is C23H24N2O5S. The van der Waals surface area contributed by atoms with Crippen molar-refractivity contribution in [2.24, 2.45) is 0 Å². The van der Waals surface area contributed by atoms with Crippen molar-refractivity contribution in [3.05, 3.63) is 64.1 Å². The average molecular weight is 441 g/mol. The van der Waals surface area contributed by atoms with Crippen LogP contribution in [-0.2, 0) is 4.79 Å². The van der Waals surface area contributed by atoms with Crippen molar-refractivity contribution in [1.29, 1.82) is 0 Å². The first-order valence-electron chi connectivity index (χ1n) is 9.84. The van der Waals surface area contributed by atoms with E-state index in [0.717, 1.165) is 27.8 Å². The van der Waals surface area contributed by atoms with Gasteiger partial charge < -0.3 is 14.8 Å². The number of hydrogen-bond donors (Lipinski definition) is 1. The van der Waals surface area contributed by atoms with Gasteiger partial charge in [-0.1, -0.05) is 23.8 Å². The Balaban J connectivity index is 1.63. The molecule has 0 spiro atoms. The quantitative estimate of drug-likeness (QED) is 0.628. The van der Waals surface area contributed by atoms with Gasteiger partial charge in [0.25, 0.3) is 17.1 Å². The Morgan fingerprint density at radius 1 is 1.16 bits per heavy atom. The molecule has 2 aromatic rings. The third-order valence-corrected chi connectivity index (χ3v) is 5.47. The summed E-state index contributed by atoms with van der Waals surface area (Å²) in [7, 11) is 1.54. The fourth-order valence-electron chi connectivity index (χ4n) is 3.06. The van der Waals surface area contributed by atoms with Gasteiger partial charge in [0, 0.05) is 18.7 Å². The molecule has 1 saturated heterocycles. The molecule has 0 aromatic heterocycles. The smallest absolute Gasteiger partial charge is 0.293 e. The molecule has 0 bridgehead atoms. The van der Waals surface area contributed by atoms with Crippen LogP contribution in [0.4, 0.5) is 4.79 Å². The second-order valence-corrected chi connectivity index (χ2v) is 7.80. The van der Waals surface area contributed by atoms with Crippen LogP contribution in [0.15, 0.2) is 47.4 Å². The Morgan fingerprint density at radius 2 is 1.97 bits per heavy atom. The topological polar surface area (TPSA) is 84.9 Å². The number of rotatable bonds is 8. The standard InChI is InChI=1S/C23H24N2O5S/c1-4-30-18-9-8-16(13-19(18)29-3)14-20-22(27)25(23(28)31-20)11-10-24-21(26)17-7-5-6-15(2)12-17/h5-9,12-14H,4,10-11H2,1-3H3,(H,24,26)/b20-14-. The fraction of sp³-hybridized carbons (Fsp3) is 0.261. The molecule has 7 nitrogen and oxygen atoms in total. The summed E-state index contributed by atoms with van der Waals surface area (Å²) < 4.78 is 10.8. The Labute approximate surface area is 185 Å². The predicted octanol–water partition coefficient (Wildman–Crippen LogP) is 3.87. The summed E-state index contributed by atoms with van der Waals surface area (Å²) in [6.07, 6.45) is 1.65. The Kier molecular flexibility index (Phi) is 7.36. The maximum Gasteiger partial charge on any atom is 0.293 e. The number of hydrogen-bond acceptors (Lipinski definition) is 6. The molecule has 0 aliphatic carbocycles. The van der Waals surface area contributed by atoms with Crippen molar-refractivity contribution >= 4 is 34.9 Å². The summed E-state index contributed by atoms with van der Waals surface area (Å²) in [5.74, 6) is 0.536. The number of carbonyl (C=O) groups excluding carboxylic acids is 3. The molecule has 1 aliphatic rings. The molecule has 1 fully saturated rings. The van der Waals surface area contributed by atoms with E-state index in [-0.39, 0.29) is 30.1 Å². The van der Waals surface area contributed by atoms with E-state index in [1.54, 1.807) is 49.6 Å². The summed E-state index contributed by atoms with van der Waals surface area (Å²) in [6, 6.07) is 12.5. The highest BCUT2D eigenvalue weighted by atomic mass is 32.2. The summed E-state index contributed by atoms with van der Waals surface area (Å²) >= 11 is 0.875. The molecule has 3 rings (SSSR count). The van der Waals surface area contributed by atoms with Gasteiger partial charge in [-0.05, 0) is 61.5 Å². The van der Waals surface area contributed by atoms with Gasteiger partial charge in [0.1, 0.15) is 0 Å². The van der Waals surface area contributed by atoms with Crippen LogP contribution >= 0.6 is 11.8 Å². The lowest BCUT2D eigenvalue weighted by atomic mass is 10.1. The van der Waals surface area contributed by atoms with E-state index in [9.17, 15) is 14.4 Å². The van der Waals surface area contributed by atoms with Gasteiger partial charge >= 0.3 is 0 Å². The number of amides is 3. The van der Waals surface area contributed by atoms with Gasteiger partial charge in [-0.15, -0.1) is 0 Å². The number of aryl methyl sites for hydroxylation is 1. The van der Waals surface area contributed by atoms with Crippen LogP contribution in [0.25, 0.3) is 6.08 Å². The number of nitrogens with zero attached hydrogens (tertiary/aromatic N) is 1. The molecule has 0 radical (unpaired) electrons. The number of ether oxygens (including phenoxy) is 2. The Bertz CT molecular complexity index is 1030. The second kappa shape index (κ2) is 10.2. The van der Waals surface area contributed by atoms with Gasteiger partial charge in [-0.3, -0.25) is 19.3 Å². The molecule has 31 heavy (non-hydrogen) atoms. The minimum atomic E-state index is -0.382. The highest BCUT2D eigenvalue weighted by molar-refractivity contribution is 8.18. The summed E-state index contributed by atoms with van der Waals surface area (Å²) in [5, 5.41) is 2.39. The monoisotopic (exact) mass is 440 g/mol. The van der Waals surface area contributed by atoms with Gasteiger partial charge in [0.05, 0.1) is 18.6 Å². The van der Waals surface area contributed by atoms with E-state index in [1.807, 2.05) is 19.9 Å². The van der Waals surface area contributed by atoms with Crippen LogP contribution in [0.1, 0.15) is 28.4 Å². The minimum absolute atomic E-state index is 0.103. The second-order valence-electron chi connectivity index (χ2n) is 6.80. The molecule has 3 amide bonds. The van der Waals surface area contributed by atoms with Crippen LogP contribution in [0.3, 0.4) is 0 Å². The largest absolute Gasteiger partial charge is 0.493 e. The zero-order valence-corrected chi connectivity index (χ0v) is 18.5. The van der Waals surface area contributed by atoms with Gasteiger partial charge in [-0.2, -0.15) is 0 Å². The summed E-state index contributed by atoms with van der Waals surface area (Å²) in [5.41, 5.74) is 2.24. The van der Waals surface area contributed by atoms with E-state index < -0.39 is 0 Å². The first kappa shape index (κ1) is 22.4. The third-order valence-electron chi connectivity index (χ3n) is 4.56. The van der Waals surface area contributed by atoms with Crippen LogP contribution in [0.2, 0.25) is 0 Å². The Morgan fingerprint density at radius 3 is 2.68 bits per heavy atom. The normalized spacial score (nSPS) is 14.8. The van der Waals surface area contributed by atoms with Gasteiger partial charge in [0.15, 0.2) is 11.5 Å². The summed E-state index contributed by atoms with van der Waals surface area (Å²) in [6.45, 7) is 4.58. The molecule has 0 saturated carbocycles. The van der Waals surface area contributed by atoms with E-state index in [1.165, 1.54) is 0 Å². The van der Waals surface area contributed by atoms with E-state index >= 15 is 0 Å². The molecule has 162 valence electrons. The highest BCUT2D eigenvalue weighted by Gasteiger charge is 2.34. The molecule has 1 N–H and O–H groups in total. The molecule has 0 unspecified atom stereocenters. The summed E-state index contributed by atoms with van der Waals surface area (Å²) in [4.78, 5) is 38.7. The first-order chi connectivity index (χ1) is 14.9. The lowest BCUT2D eigenvalue weighted by Crippen LogP contribution is -2.37. The van der Waals surface area contributed by atoms with Crippen molar-refractivity contribution in [3.8, 4) is 11.5 Å². The molecule has 8 heteroatoms. The predicted molar refractivity (Wildman–Crippen MR) is 120 cm³/mol. The third kappa shape index (κ3) is 5.46. The molecular weight excluding hydrogens is 416 g/mol. The SMILES string of the molecule is CCOc1ccc(/C=C2\SC(=O)N(CCNC(=O)c3cccc(C)c3)C2=O)cc1OC. The van der Waals surface area contributed by atoms with Crippen LogP contribution in [0.5, 0.6) is 11.5 Å². The maximum atomic E-state index is 12.7. The lowest BCUT2D eigenvalue weighted by Gasteiger charge is -2.13. The van der Waals surface area contributed by atoms with Crippen molar-refractivity contribution in [3.63, 3.8) is 0 Å². The van der Waals surface area contributed by atoms with E-state index in [0.29, 0.717) is 28.6 Å². The minimum Gasteiger partial charge on any atom is -0.493 e. The van der Waals surface area contributed by atoms with Crippen molar-refractivity contribution in [2.45, 2.75) is 13.8 Å². The molecule has 0 atom stereocenters. The zero-order valence-electron chi connectivity index (χ0n) is 17.6. The number of methoxy groups -OCH3 is 1. The fourth-order valence-corrected chi connectivity index (χ4v) is 3.93. The van der Waals surface area contributed by atoms with Crippen LogP contribution in [0, 0.1) is 6.92 Å². The van der Waals surface area contributed by atoms with Crippen molar-refractivity contribution in [2.75, 3.05) is 26.8 Å². The lowest BCUT2D eigenvalue weighted by molar-refractivity contribution is -0.122. The van der Waals surface area contributed by atoms with Crippen molar-refractivity contribution in [1.82, 2.24) is 10.2 Å². The first-order valence-corrected chi connectivity index (χ1v) is 10.7. The number of imide groups is 1. The molecule has 1 heterocycles. The number of nitrogens with one attached hydrogen (secondary N) is 1. The van der Waals surface area contributed by atoms with Crippen LogP contribution in [-0.4, -0.2) is 48.8 Å².